The van der Waals surface area contributed by atoms with E-state index in [0.717, 1.165) is 51.4 Å². The number of rotatable bonds is 73. The molecule has 0 aromatic carbocycles. The Labute approximate surface area is 532 Å². The highest BCUT2D eigenvalue weighted by Crippen LogP contribution is 2.20. The second-order valence-corrected chi connectivity index (χ2v) is 26.7. The van der Waals surface area contributed by atoms with E-state index in [4.69, 9.17) is 4.74 Å². The van der Waals surface area contributed by atoms with E-state index in [2.05, 4.69) is 43.5 Å². The van der Waals surface area contributed by atoms with Gasteiger partial charge in [0.15, 0.2) is 0 Å². The molecule has 0 saturated heterocycles. The Morgan fingerprint density at radius 2 is 0.588 bits per heavy atom. The molecule has 6 nitrogen and oxygen atoms in total. The Hall–Kier alpha value is -1.92. The third-order valence-corrected chi connectivity index (χ3v) is 18.2. The van der Waals surface area contributed by atoms with Gasteiger partial charge in [0, 0.05) is 12.8 Å². The number of unbranched alkanes of at least 4 members (excludes halogenated alkanes) is 58. The minimum Gasteiger partial charge on any atom is -0.466 e. The van der Waals surface area contributed by atoms with E-state index < -0.39 is 12.1 Å². The van der Waals surface area contributed by atoms with Gasteiger partial charge in [0.2, 0.25) is 5.91 Å². The maximum absolute atomic E-state index is 12.6. The Balaban J connectivity index is 3.39. The predicted octanol–water partition coefficient (Wildman–Crippen LogP) is 25.4. The zero-order chi connectivity index (χ0) is 61.3. The molecule has 0 aliphatic carbocycles. The summed E-state index contributed by atoms with van der Waals surface area (Å²) in [6.45, 7) is 4.93. The number of aliphatic hydroxyl groups is 2. The van der Waals surface area contributed by atoms with Crippen molar-refractivity contribution < 1.29 is 24.5 Å². The highest BCUT2D eigenvalue weighted by atomic mass is 16.5. The van der Waals surface area contributed by atoms with E-state index in [1.165, 1.54) is 353 Å². The van der Waals surface area contributed by atoms with Crippen LogP contribution in [-0.2, 0) is 14.3 Å². The van der Waals surface area contributed by atoms with Gasteiger partial charge >= 0.3 is 5.97 Å². The largest absolute Gasteiger partial charge is 0.466 e. The summed E-state index contributed by atoms with van der Waals surface area (Å²) in [5.41, 5.74) is 0. The quantitative estimate of drug-likeness (QED) is 0.0320. The van der Waals surface area contributed by atoms with Crippen molar-refractivity contribution in [3.63, 3.8) is 0 Å². The summed E-state index contributed by atoms with van der Waals surface area (Å²) < 4.78 is 5.51. The Morgan fingerprint density at radius 3 is 0.906 bits per heavy atom. The number of ether oxygens (including phenoxy) is 1. The van der Waals surface area contributed by atoms with Crippen molar-refractivity contribution in [1.29, 1.82) is 0 Å². The Kier molecular flexibility index (Phi) is 72.9. The normalized spacial score (nSPS) is 12.7. The SMILES string of the molecule is CCCCCC/C=C\C/C=C\CCCCCCCCCC(=O)OCCCCCCCCCCCCCCCCCCCCCCCCCCCC(=O)NC(CO)C(O)/C=C/CCCCCCCCCCCCCCCCCCCCCCCCC. The van der Waals surface area contributed by atoms with Gasteiger partial charge in [-0.1, -0.05) is 391 Å². The van der Waals surface area contributed by atoms with Crippen LogP contribution in [0.2, 0.25) is 0 Å². The Morgan fingerprint density at radius 1 is 0.329 bits per heavy atom. The molecule has 0 rings (SSSR count). The van der Waals surface area contributed by atoms with Crippen LogP contribution in [-0.4, -0.2) is 47.4 Å². The molecule has 0 aliphatic heterocycles. The zero-order valence-corrected chi connectivity index (χ0v) is 57.6. The van der Waals surface area contributed by atoms with Gasteiger partial charge < -0.3 is 20.3 Å². The van der Waals surface area contributed by atoms with Crippen LogP contribution in [0.5, 0.6) is 0 Å². The van der Waals surface area contributed by atoms with Crippen molar-refractivity contribution in [2.75, 3.05) is 13.2 Å². The molecule has 0 aliphatic rings. The van der Waals surface area contributed by atoms with Gasteiger partial charge in [-0.2, -0.15) is 0 Å². The van der Waals surface area contributed by atoms with Gasteiger partial charge in [-0.25, -0.2) is 0 Å². The molecule has 2 atom stereocenters. The molecule has 0 spiro atoms. The highest BCUT2D eigenvalue weighted by Gasteiger charge is 2.18. The van der Waals surface area contributed by atoms with E-state index in [9.17, 15) is 19.8 Å². The van der Waals surface area contributed by atoms with Crippen LogP contribution < -0.4 is 5.32 Å². The third-order valence-electron chi connectivity index (χ3n) is 18.2. The third kappa shape index (κ3) is 71.0. The summed E-state index contributed by atoms with van der Waals surface area (Å²) in [5, 5.41) is 23.3. The monoisotopic (exact) mass is 1190 g/mol. The fourth-order valence-corrected chi connectivity index (χ4v) is 12.3. The average molecular weight is 1200 g/mol. The van der Waals surface area contributed by atoms with Crippen molar-refractivity contribution in [1.82, 2.24) is 5.32 Å². The zero-order valence-electron chi connectivity index (χ0n) is 57.6. The topological polar surface area (TPSA) is 95.9 Å². The summed E-state index contributed by atoms with van der Waals surface area (Å²) in [6, 6.07) is -0.629. The second-order valence-electron chi connectivity index (χ2n) is 26.7. The van der Waals surface area contributed by atoms with Crippen LogP contribution in [0, 0.1) is 0 Å². The van der Waals surface area contributed by atoms with Crippen molar-refractivity contribution in [2.45, 2.75) is 443 Å². The number of carbonyl (C=O) groups is 2. The predicted molar refractivity (Wildman–Crippen MR) is 375 cm³/mol. The average Bonchev–Trinajstić information content (AvgIpc) is 3.51. The number of nitrogens with one attached hydrogen (secondary N) is 1. The minimum absolute atomic E-state index is 0.00951. The molecule has 0 aromatic heterocycles. The van der Waals surface area contributed by atoms with E-state index in [1.807, 2.05) is 6.08 Å². The number of esters is 1. The van der Waals surface area contributed by atoms with Gasteiger partial charge in [0.25, 0.3) is 0 Å². The molecular formula is C79H151NO5. The number of hydrogen-bond donors (Lipinski definition) is 3. The molecular weight excluding hydrogens is 1040 g/mol. The second kappa shape index (κ2) is 74.5. The number of amides is 1. The summed E-state index contributed by atoms with van der Waals surface area (Å²) >= 11 is 0. The lowest BCUT2D eigenvalue weighted by atomic mass is 10.0. The molecule has 0 bridgehead atoms. The first kappa shape index (κ1) is 83.1. The standard InChI is InChI=1S/C79H151NO5/c1-3-5-7-9-11-13-15-17-19-21-23-24-25-27-30-33-36-39-43-47-51-55-59-63-67-71-77(82)76(75-81)80-78(83)72-68-64-60-56-52-48-44-40-37-34-31-28-26-29-32-35-38-42-46-50-54-58-62-66-70-74-85-79(84)73-69-65-61-57-53-49-45-41-22-20-18-16-14-12-10-8-6-4-2/h14,16,20,22,67,71,76-77,81-82H,3-13,15,17-19,21,23-66,68-70,72-75H2,1-2H3,(H,80,83)/b16-14-,22-20-,71-67+. The van der Waals surface area contributed by atoms with Crippen molar-refractivity contribution in [3.8, 4) is 0 Å². The molecule has 2 unspecified atom stereocenters. The van der Waals surface area contributed by atoms with Crippen LogP contribution in [0.1, 0.15) is 431 Å². The smallest absolute Gasteiger partial charge is 0.305 e. The van der Waals surface area contributed by atoms with Gasteiger partial charge in [0.1, 0.15) is 0 Å². The van der Waals surface area contributed by atoms with Crippen molar-refractivity contribution in [3.05, 3.63) is 36.5 Å². The molecule has 0 heterocycles. The highest BCUT2D eigenvalue weighted by molar-refractivity contribution is 5.76. The molecule has 6 heteroatoms. The van der Waals surface area contributed by atoms with Crippen molar-refractivity contribution in [2.24, 2.45) is 0 Å². The molecule has 502 valence electrons. The van der Waals surface area contributed by atoms with Gasteiger partial charge in [0.05, 0.1) is 25.4 Å². The van der Waals surface area contributed by atoms with Gasteiger partial charge in [-0.05, 0) is 64.2 Å². The molecule has 85 heavy (non-hydrogen) atoms. The summed E-state index contributed by atoms with van der Waals surface area (Å²) in [7, 11) is 0. The lowest BCUT2D eigenvalue weighted by Gasteiger charge is -2.20. The molecule has 0 aromatic rings. The van der Waals surface area contributed by atoms with Crippen molar-refractivity contribution >= 4 is 11.9 Å². The molecule has 1 amide bonds. The first-order chi connectivity index (χ1) is 42.0. The fourth-order valence-electron chi connectivity index (χ4n) is 12.3. The van der Waals surface area contributed by atoms with Gasteiger partial charge in [-0.3, -0.25) is 9.59 Å². The first-order valence-corrected chi connectivity index (χ1v) is 38.8. The lowest BCUT2D eigenvalue weighted by Crippen LogP contribution is -2.45. The number of hydrogen-bond acceptors (Lipinski definition) is 5. The Bertz CT molecular complexity index is 1380. The molecule has 0 saturated carbocycles. The van der Waals surface area contributed by atoms with Crippen LogP contribution >= 0.6 is 0 Å². The maximum Gasteiger partial charge on any atom is 0.305 e. The van der Waals surface area contributed by atoms with Crippen LogP contribution in [0.25, 0.3) is 0 Å². The van der Waals surface area contributed by atoms with Gasteiger partial charge in [-0.15, -0.1) is 0 Å². The first-order valence-electron chi connectivity index (χ1n) is 38.8. The number of carbonyl (C=O) groups excluding carboxylic acids is 2. The summed E-state index contributed by atoms with van der Waals surface area (Å²) in [5.74, 6) is -0.0519. The molecule has 0 radical (unpaired) electrons. The molecule has 0 fully saturated rings. The summed E-state index contributed by atoms with van der Waals surface area (Å²) in [6.07, 6.45) is 96.8. The van der Waals surface area contributed by atoms with Crippen LogP contribution in [0.3, 0.4) is 0 Å². The number of allylic oxidation sites excluding steroid dienone is 5. The summed E-state index contributed by atoms with van der Waals surface area (Å²) in [4.78, 5) is 24.7. The van der Waals surface area contributed by atoms with E-state index in [-0.39, 0.29) is 18.5 Å². The molecule has 3 N–H and O–H groups in total. The van der Waals surface area contributed by atoms with E-state index in [1.54, 1.807) is 6.08 Å². The van der Waals surface area contributed by atoms with Crippen LogP contribution in [0.15, 0.2) is 36.5 Å². The number of aliphatic hydroxyl groups excluding tert-OH is 2. The van der Waals surface area contributed by atoms with E-state index >= 15 is 0 Å². The fraction of sp³-hybridized carbons (Fsp3) is 0.899. The van der Waals surface area contributed by atoms with Crippen LogP contribution in [0.4, 0.5) is 0 Å². The maximum atomic E-state index is 12.6. The van der Waals surface area contributed by atoms with E-state index in [0.29, 0.717) is 19.4 Å². The lowest BCUT2D eigenvalue weighted by molar-refractivity contribution is -0.143. The minimum atomic E-state index is -0.845.